The van der Waals surface area contributed by atoms with Crippen molar-refractivity contribution in [3.8, 4) is 28.7 Å². The van der Waals surface area contributed by atoms with Crippen LogP contribution in [-0.2, 0) is 0 Å². The van der Waals surface area contributed by atoms with E-state index in [1.165, 1.54) is 10.8 Å². The lowest BCUT2D eigenvalue weighted by Crippen LogP contribution is -2.17. The Labute approximate surface area is 208 Å². The Morgan fingerprint density at radius 1 is 0.771 bits per heavy atom. The molecule has 6 rings (SSSR count). The van der Waals surface area contributed by atoms with E-state index in [9.17, 15) is 0 Å². The van der Waals surface area contributed by atoms with Gasteiger partial charge in [0.15, 0.2) is 11.5 Å². The number of ether oxygens (including phenoxy) is 4. The minimum absolute atomic E-state index is 0.0606. The van der Waals surface area contributed by atoms with Crippen molar-refractivity contribution < 1.29 is 18.9 Å². The van der Waals surface area contributed by atoms with Gasteiger partial charge in [0.05, 0.1) is 31.5 Å². The van der Waals surface area contributed by atoms with Crippen molar-refractivity contribution in [2.24, 2.45) is 0 Å². The van der Waals surface area contributed by atoms with Gasteiger partial charge in [0, 0.05) is 10.8 Å². The van der Waals surface area contributed by atoms with E-state index in [0.29, 0.717) is 0 Å². The molecule has 0 aromatic heterocycles. The molecule has 0 spiro atoms. The summed E-state index contributed by atoms with van der Waals surface area (Å²) in [6, 6.07) is 26.9. The van der Waals surface area contributed by atoms with Crippen LogP contribution < -0.4 is 29.4 Å². The van der Waals surface area contributed by atoms with E-state index >= 15 is 0 Å². The maximum atomic E-state index is 6.48. The van der Waals surface area contributed by atoms with Crippen molar-refractivity contribution in [1.29, 1.82) is 0 Å². The molecular weight excluding hydrogens is 456 g/mol. The summed E-state index contributed by atoms with van der Waals surface area (Å²) in [4.78, 5) is 1.15. The molecule has 4 aromatic rings. The zero-order chi connectivity index (χ0) is 23.9. The van der Waals surface area contributed by atoms with Gasteiger partial charge in [-0.3, -0.25) is 0 Å². The Morgan fingerprint density at radius 3 is 2.34 bits per heavy atom. The van der Waals surface area contributed by atoms with Gasteiger partial charge in [0.2, 0.25) is 0 Å². The second kappa shape index (κ2) is 8.75. The average Bonchev–Trinajstić information content (AvgIpc) is 3.31. The molecule has 2 heterocycles. The molecule has 174 valence electrons. The van der Waals surface area contributed by atoms with Crippen molar-refractivity contribution in [1.82, 2.24) is 0 Å². The largest absolute Gasteiger partial charge is 0.497 e. The first-order valence-electron chi connectivity index (χ1n) is 11.4. The van der Waals surface area contributed by atoms with Crippen LogP contribution in [0.1, 0.15) is 21.9 Å². The molecule has 0 N–H and O–H groups in total. The quantitative estimate of drug-likeness (QED) is 0.323. The maximum Gasteiger partial charge on any atom is 0.161 e. The van der Waals surface area contributed by atoms with Crippen molar-refractivity contribution in [2.45, 2.75) is 10.1 Å². The van der Waals surface area contributed by atoms with Crippen LogP contribution in [0.15, 0.2) is 83.8 Å². The predicted octanol–water partition coefficient (Wildman–Crippen LogP) is 5.69. The molecule has 1 unspecified atom stereocenters. The maximum absolute atomic E-state index is 6.48. The summed E-state index contributed by atoms with van der Waals surface area (Å²) in [6.07, 6.45) is 2.20. The molecule has 4 nitrogen and oxygen atoms in total. The van der Waals surface area contributed by atoms with Crippen LogP contribution in [0.3, 0.4) is 0 Å². The average molecular weight is 481 g/mol. The molecule has 4 aromatic carbocycles. The van der Waals surface area contributed by atoms with Gasteiger partial charge < -0.3 is 18.9 Å². The number of hydrogen-bond donors (Lipinski definition) is 0. The molecule has 0 saturated heterocycles. The Hall–Kier alpha value is -3.83. The topological polar surface area (TPSA) is 36.9 Å². The van der Waals surface area contributed by atoms with Crippen LogP contribution in [0.25, 0.3) is 11.6 Å². The highest BCUT2D eigenvalue weighted by atomic mass is 32.2. The number of methoxy groups -OCH3 is 3. The zero-order valence-corrected chi connectivity index (χ0v) is 20.5. The molecule has 0 radical (unpaired) electrons. The molecule has 1 atom stereocenters. The molecule has 0 aliphatic carbocycles. The number of thioether (sulfide) groups is 1. The van der Waals surface area contributed by atoms with E-state index < -0.39 is 0 Å². The fraction of sp³-hybridized carbons (Fsp3) is 0.133. The predicted molar refractivity (Wildman–Crippen MR) is 139 cm³/mol. The van der Waals surface area contributed by atoms with Gasteiger partial charge in [-0.25, -0.2) is 0 Å². The van der Waals surface area contributed by atoms with Gasteiger partial charge >= 0.3 is 0 Å². The van der Waals surface area contributed by atoms with Gasteiger partial charge in [-0.15, -0.1) is 11.8 Å². The Kier molecular flexibility index (Phi) is 5.42. The summed E-state index contributed by atoms with van der Waals surface area (Å²) in [6.45, 7) is 0. The van der Waals surface area contributed by atoms with Crippen LogP contribution >= 0.6 is 11.8 Å². The summed E-state index contributed by atoms with van der Waals surface area (Å²) in [5.74, 6) is 4.07. The fourth-order valence-electron chi connectivity index (χ4n) is 4.74. The van der Waals surface area contributed by atoms with Crippen LogP contribution in [-0.4, -0.2) is 21.3 Å². The van der Waals surface area contributed by atoms with Gasteiger partial charge in [-0.2, -0.15) is 0 Å². The molecule has 0 amide bonds. The minimum atomic E-state index is 0.0606. The molecule has 0 saturated carbocycles. The summed E-state index contributed by atoms with van der Waals surface area (Å²) >= 11 is 1.81. The first-order chi connectivity index (χ1) is 17.2. The second-order valence-electron chi connectivity index (χ2n) is 8.40. The molecule has 0 bridgehead atoms. The number of rotatable bonds is 5. The molecule has 2 aliphatic rings. The molecule has 2 aliphatic heterocycles. The zero-order valence-electron chi connectivity index (χ0n) is 19.7. The monoisotopic (exact) mass is 480 g/mol. The van der Waals surface area contributed by atoms with Gasteiger partial charge in [-0.1, -0.05) is 48.5 Å². The smallest absolute Gasteiger partial charge is 0.161 e. The minimum Gasteiger partial charge on any atom is -0.497 e. The third kappa shape index (κ3) is 3.63. The number of hydrogen-bond acceptors (Lipinski definition) is 5. The van der Waals surface area contributed by atoms with Crippen LogP contribution in [0, 0.1) is 0 Å². The lowest BCUT2D eigenvalue weighted by molar-refractivity contribution is 0.354. The lowest BCUT2D eigenvalue weighted by atomic mass is 9.94. The van der Waals surface area contributed by atoms with E-state index in [0.717, 1.165) is 55.6 Å². The second-order valence-corrected chi connectivity index (χ2v) is 9.51. The van der Waals surface area contributed by atoms with E-state index in [1.54, 1.807) is 21.3 Å². The van der Waals surface area contributed by atoms with Gasteiger partial charge in [0.1, 0.15) is 17.2 Å². The Bertz CT molecular complexity index is 1560. The third-order valence-corrected chi connectivity index (χ3v) is 7.87. The molecule has 0 fully saturated rings. The number of benzene rings is 4. The summed E-state index contributed by atoms with van der Waals surface area (Å²) in [7, 11) is 5.02. The fourth-order valence-corrected chi connectivity index (χ4v) is 6.21. The van der Waals surface area contributed by atoms with Crippen molar-refractivity contribution in [3.05, 3.63) is 106 Å². The van der Waals surface area contributed by atoms with Crippen LogP contribution in [0.4, 0.5) is 0 Å². The lowest BCUT2D eigenvalue weighted by Gasteiger charge is -2.19. The van der Waals surface area contributed by atoms with E-state index in [1.807, 2.05) is 48.2 Å². The highest BCUT2D eigenvalue weighted by Crippen LogP contribution is 2.51. The van der Waals surface area contributed by atoms with Gasteiger partial charge in [0.25, 0.3) is 0 Å². The van der Waals surface area contributed by atoms with Gasteiger partial charge in [-0.05, 0) is 58.3 Å². The van der Waals surface area contributed by atoms with Crippen molar-refractivity contribution in [3.63, 3.8) is 0 Å². The van der Waals surface area contributed by atoms with Crippen LogP contribution in [0.2, 0.25) is 0 Å². The van der Waals surface area contributed by atoms with E-state index in [-0.39, 0.29) is 5.25 Å². The SMILES string of the molecule is COc1ccc(C2=c3ccc4c(c3SC2c2ccc(OC)c(OC)c2)Oc2ccccc2C=4)cc1. The normalized spacial score (nSPS) is 15.3. The highest BCUT2D eigenvalue weighted by Gasteiger charge is 2.31. The summed E-state index contributed by atoms with van der Waals surface area (Å²) in [5.41, 5.74) is 4.63. The Morgan fingerprint density at radius 2 is 1.57 bits per heavy atom. The molecule has 35 heavy (non-hydrogen) atoms. The first kappa shape index (κ1) is 21.7. The number of fused-ring (bicyclic) bond motifs is 4. The van der Waals surface area contributed by atoms with E-state index in [2.05, 4.69) is 48.5 Å². The van der Waals surface area contributed by atoms with Crippen molar-refractivity contribution in [2.75, 3.05) is 21.3 Å². The summed E-state index contributed by atoms with van der Waals surface area (Å²) < 4.78 is 23.0. The number of para-hydroxylation sites is 1. The third-order valence-electron chi connectivity index (χ3n) is 6.48. The standard InChI is InChI=1S/C30H24O4S/c1-31-22-12-8-18(9-13-22)27-23-14-10-20-16-19-6-4-5-7-24(19)34-28(20)30(23)35-29(27)21-11-15-25(32-2)26(17-21)33-3/h4-17,29H,1-3H3. The molecule has 5 heteroatoms. The van der Waals surface area contributed by atoms with Crippen LogP contribution in [0.5, 0.6) is 28.7 Å². The Balaban J connectivity index is 1.56. The summed E-state index contributed by atoms with van der Waals surface area (Å²) in [5, 5.41) is 2.34. The molecular formula is C30H24O4S. The van der Waals surface area contributed by atoms with Crippen molar-refractivity contribution >= 4 is 23.4 Å². The first-order valence-corrected chi connectivity index (χ1v) is 12.3. The van der Waals surface area contributed by atoms with E-state index in [4.69, 9.17) is 18.9 Å². The highest BCUT2D eigenvalue weighted by molar-refractivity contribution is 8.00.